The van der Waals surface area contributed by atoms with Gasteiger partial charge < -0.3 is 4.74 Å². The number of ether oxygens (including phenoxy) is 1. The smallest absolute Gasteiger partial charge is 0.262 e. The van der Waals surface area contributed by atoms with Gasteiger partial charge in [-0.3, -0.25) is 9.36 Å². The molecule has 1 aromatic heterocycles. The molecular formula is C20H19ClN2O2S. The summed E-state index contributed by atoms with van der Waals surface area (Å²) in [6.07, 6.45) is 4.12. The van der Waals surface area contributed by atoms with Crippen LogP contribution in [0.4, 0.5) is 0 Å². The van der Waals surface area contributed by atoms with Crippen LogP contribution >= 0.6 is 23.4 Å². The fourth-order valence-corrected chi connectivity index (χ4v) is 3.54. The summed E-state index contributed by atoms with van der Waals surface area (Å²) in [6.45, 7) is 0.916. The van der Waals surface area contributed by atoms with Gasteiger partial charge in [0.1, 0.15) is 0 Å². The minimum atomic E-state index is -0.0711. The fraction of sp³-hybridized carbons (Fsp3) is 0.200. The highest BCUT2D eigenvalue weighted by Gasteiger charge is 2.11. The van der Waals surface area contributed by atoms with Crippen molar-refractivity contribution in [3.05, 3.63) is 75.5 Å². The standard InChI is InChI=1S/C20H19ClN2O2S/c1-25-12-11-23-19(24)17-10-9-16(21)14-18(17)22-20(23)26-13-5-8-15-6-3-2-4-7-15/h2-10,14H,11-13H2,1H3/b8-5+. The first-order valence-electron chi connectivity index (χ1n) is 8.22. The lowest BCUT2D eigenvalue weighted by atomic mass is 10.2. The Hall–Kier alpha value is -2.08. The first-order valence-corrected chi connectivity index (χ1v) is 9.59. The van der Waals surface area contributed by atoms with Gasteiger partial charge in [-0.15, -0.1) is 0 Å². The van der Waals surface area contributed by atoms with Crippen LogP contribution in [0.5, 0.6) is 0 Å². The van der Waals surface area contributed by atoms with E-state index in [9.17, 15) is 4.79 Å². The molecule has 4 nitrogen and oxygen atoms in total. The fourth-order valence-electron chi connectivity index (χ4n) is 2.53. The highest BCUT2D eigenvalue weighted by atomic mass is 35.5. The molecule has 3 rings (SSSR count). The number of rotatable bonds is 7. The number of fused-ring (bicyclic) bond motifs is 1. The summed E-state index contributed by atoms with van der Waals surface area (Å²) >= 11 is 7.57. The summed E-state index contributed by atoms with van der Waals surface area (Å²) in [5.41, 5.74) is 1.69. The first-order chi connectivity index (χ1) is 12.7. The molecule has 0 amide bonds. The maximum Gasteiger partial charge on any atom is 0.262 e. The molecule has 0 saturated heterocycles. The van der Waals surface area contributed by atoms with Crippen molar-refractivity contribution in [2.75, 3.05) is 19.5 Å². The largest absolute Gasteiger partial charge is 0.383 e. The molecule has 0 saturated carbocycles. The maximum atomic E-state index is 12.8. The molecule has 2 aromatic carbocycles. The summed E-state index contributed by atoms with van der Waals surface area (Å²) in [5, 5.41) is 1.80. The zero-order valence-electron chi connectivity index (χ0n) is 14.4. The van der Waals surface area contributed by atoms with Crippen molar-refractivity contribution in [2.45, 2.75) is 11.7 Å². The van der Waals surface area contributed by atoms with E-state index in [4.69, 9.17) is 16.3 Å². The van der Waals surface area contributed by atoms with Crippen molar-refractivity contribution in [2.24, 2.45) is 0 Å². The van der Waals surface area contributed by atoms with Crippen molar-refractivity contribution >= 4 is 40.3 Å². The minimum Gasteiger partial charge on any atom is -0.383 e. The van der Waals surface area contributed by atoms with Gasteiger partial charge in [-0.2, -0.15) is 0 Å². The highest BCUT2D eigenvalue weighted by Crippen LogP contribution is 2.21. The first kappa shape index (κ1) is 18.7. The number of hydrogen-bond acceptors (Lipinski definition) is 4. The Morgan fingerprint density at radius 1 is 1.23 bits per heavy atom. The third kappa shape index (κ3) is 4.55. The number of nitrogens with zero attached hydrogens (tertiary/aromatic N) is 2. The van der Waals surface area contributed by atoms with Gasteiger partial charge in [0, 0.05) is 17.9 Å². The average molecular weight is 387 g/mol. The Balaban J connectivity index is 1.87. The van der Waals surface area contributed by atoms with Gasteiger partial charge in [0.25, 0.3) is 5.56 Å². The molecule has 0 fully saturated rings. The van der Waals surface area contributed by atoms with Crippen molar-refractivity contribution in [1.82, 2.24) is 9.55 Å². The van der Waals surface area contributed by atoms with Crippen LogP contribution in [-0.4, -0.2) is 29.0 Å². The topological polar surface area (TPSA) is 44.1 Å². The molecule has 134 valence electrons. The molecule has 3 aromatic rings. The van der Waals surface area contributed by atoms with E-state index in [-0.39, 0.29) is 5.56 Å². The van der Waals surface area contributed by atoms with Crippen LogP contribution in [0, 0.1) is 0 Å². The second kappa shape index (κ2) is 9.03. The highest BCUT2D eigenvalue weighted by molar-refractivity contribution is 7.99. The van der Waals surface area contributed by atoms with E-state index in [2.05, 4.69) is 17.1 Å². The van der Waals surface area contributed by atoms with Crippen LogP contribution in [-0.2, 0) is 11.3 Å². The van der Waals surface area contributed by atoms with E-state index in [0.29, 0.717) is 40.0 Å². The minimum absolute atomic E-state index is 0.0711. The van der Waals surface area contributed by atoms with E-state index < -0.39 is 0 Å². The molecule has 0 bridgehead atoms. The number of benzene rings is 2. The molecule has 0 radical (unpaired) electrons. The monoisotopic (exact) mass is 386 g/mol. The van der Waals surface area contributed by atoms with Crippen LogP contribution < -0.4 is 5.56 Å². The van der Waals surface area contributed by atoms with Gasteiger partial charge in [-0.05, 0) is 23.8 Å². The normalized spacial score (nSPS) is 11.5. The summed E-state index contributed by atoms with van der Waals surface area (Å²) in [4.78, 5) is 17.5. The number of methoxy groups -OCH3 is 1. The number of thioether (sulfide) groups is 1. The van der Waals surface area contributed by atoms with Crippen LogP contribution in [0.2, 0.25) is 5.02 Å². The Kier molecular flexibility index (Phi) is 6.50. The lowest BCUT2D eigenvalue weighted by molar-refractivity contribution is 0.183. The Morgan fingerprint density at radius 2 is 2.04 bits per heavy atom. The van der Waals surface area contributed by atoms with Crippen LogP contribution in [0.1, 0.15) is 5.56 Å². The summed E-state index contributed by atoms with van der Waals surface area (Å²) in [5.74, 6) is 0.709. The molecule has 0 aliphatic rings. The second-order valence-electron chi connectivity index (χ2n) is 5.63. The van der Waals surface area contributed by atoms with E-state index in [1.54, 1.807) is 29.9 Å². The SMILES string of the molecule is COCCn1c(SC/C=C/c2ccccc2)nc2cc(Cl)ccc2c1=O. The van der Waals surface area contributed by atoms with Crippen molar-refractivity contribution in [3.8, 4) is 0 Å². The van der Waals surface area contributed by atoms with E-state index in [1.165, 1.54) is 11.8 Å². The lowest BCUT2D eigenvalue weighted by Gasteiger charge is -2.12. The van der Waals surface area contributed by atoms with Crippen molar-refractivity contribution in [3.63, 3.8) is 0 Å². The maximum absolute atomic E-state index is 12.8. The molecule has 0 unspecified atom stereocenters. The molecule has 0 spiro atoms. The number of aromatic nitrogens is 2. The molecule has 6 heteroatoms. The second-order valence-corrected chi connectivity index (χ2v) is 7.05. The molecule has 0 atom stereocenters. The van der Waals surface area contributed by atoms with E-state index in [1.807, 2.05) is 30.3 Å². The summed E-state index contributed by atoms with van der Waals surface area (Å²) in [6, 6.07) is 15.3. The predicted octanol–water partition coefficient (Wildman–Crippen LogP) is 4.50. The quantitative estimate of drug-likeness (QED) is 0.443. The van der Waals surface area contributed by atoms with Crippen molar-refractivity contribution < 1.29 is 4.74 Å². The Morgan fingerprint density at radius 3 is 2.81 bits per heavy atom. The summed E-state index contributed by atoms with van der Waals surface area (Å²) < 4.78 is 6.81. The summed E-state index contributed by atoms with van der Waals surface area (Å²) in [7, 11) is 1.62. The Bertz CT molecular complexity index is 971. The third-order valence-corrected chi connectivity index (χ3v) is 4.98. The van der Waals surface area contributed by atoms with Crippen LogP contribution in [0.3, 0.4) is 0 Å². The van der Waals surface area contributed by atoms with E-state index >= 15 is 0 Å². The molecule has 0 N–H and O–H groups in total. The third-order valence-electron chi connectivity index (χ3n) is 3.82. The van der Waals surface area contributed by atoms with Crippen molar-refractivity contribution in [1.29, 1.82) is 0 Å². The Labute approximate surface area is 161 Å². The lowest BCUT2D eigenvalue weighted by Crippen LogP contribution is -2.25. The zero-order chi connectivity index (χ0) is 18.4. The molecular weight excluding hydrogens is 368 g/mol. The molecule has 26 heavy (non-hydrogen) atoms. The van der Waals surface area contributed by atoms with Crippen LogP contribution in [0.15, 0.2) is 64.6 Å². The van der Waals surface area contributed by atoms with Gasteiger partial charge >= 0.3 is 0 Å². The number of halogens is 1. The molecule has 1 heterocycles. The van der Waals surface area contributed by atoms with Gasteiger partial charge in [-0.25, -0.2) is 4.98 Å². The van der Waals surface area contributed by atoms with E-state index in [0.717, 1.165) is 5.56 Å². The van der Waals surface area contributed by atoms with Gasteiger partial charge in [0.05, 0.1) is 24.1 Å². The van der Waals surface area contributed by atoms with Gasteiger partial charge in [-0.1, -0.05) is 65.8 Å². The van der Waals surface area contributed by atoms with Crippen LogP contribution in [0.25, 0.3) is 17.0 Å². The molecule has 0 aliphatic heterocycles. The molecule has 0 aliphatic carbocycles. The number of hydrogen-bond donors (Lipinski definition) is 0. The van der Waals surface area contributed by atoms with Gasteiger partial charge in [0.15, 0.2) is 5.16 Å². The van der Waals surface area contributed by atoms with Gasteiger partial charge in [0.2, 0.25) is 0 Å². The average Bonchev–Trinajstić information content (AvgIpc) is 2.65. The zero-order valence-corrected chi connectivity index (χ0v) is 16.0. The predicted molar refractivity (Wildman–Crippen MR) is 109 cm³/mol.